The lowest BCUT2D eigenvalue weighted by atomic mass is 10.3. The molecular formula is C15H13NO2. The highest BCUT2D eigenvalue weighted by molar-refractivity contribution is 5.36. The Hall–Kier alpha value is -2.47. The van der Waals surface area contributed by atoms with E-state index in [9.17, 15) is 0 Å². The molecule has 0 radical (unpaired) electrons. The average Bonchev–Trinajstić information content (AvgIpc) is 2.41. The summed E-state index contributed by atoms with van der Waals surface area (Å²) in [5, 5.41) is 8.44. The fourth-order valence-corrected chi connectivity index (χ4v) is 1.47. The van der Waals surface area contributed by atoms with E-state index in [1.807, 2.05) is 60.7 Å². The van der Waals surface area contributed by atoms with Crippen molar-refractivity contribution >= 4 is 0 Å². The van der Waals surface area contributed by atoms with Gasteiger partial charge in [0.2, 0.25) is 0 Å². The summed E-state index contributed by atoms with van der Waals surface area (Å²) in [6.45, 7) is 0.394. The highest BCUT2D eigenvalue weighted by Gasteiger charge is 1.99. The normalized spacial score (nSPS) is 9.50. The zero-order chi connectivity index (χ0) is 12.6. The number of para-hydroxylation sites is 1. The summed E-state index contributed by atoms with van der Waals surface area (Å²) in [6.07, 6.45) is 0.379. The predicted octanol–water partition coefficient (Wildman–Crippen LogP) is 3.77. The summed E-state index contributed by atoms with van der Waals surface area (Å²) in [5.41, 5.74) is 0. The predicted molar refractivity (Wildman–Crippen MR) is 68.7 cm³/mol. The minimum atomic E-state index is 0.379. The minimum absolute atomic E-state index is 0.379. The molecule has 0 heterocycles. The van der Waals surface area contributed by atoms with Crippen LogP contribution in [0.15, 0.2) is 54.6 Å². The van der Waals surface area contributed by atoms with Crippen molar-refractivity contribution in [3.63, 3.8) is 0 Å². The maximum absolute atomic E-state index is 8.44. The zero-order valence-electron chi connectivity index (χ0n) is 9.87. The van der Waals surface area contributed by atoms with Gasteiger partial charge < -0.3 is 9.47 Å². The van der Waals surface area contributed by atoms with Crippen molar-refractivity contribution in [2.24, 2.45) is 0 Å². The lowest BCUT2D eigenvalue weighted by Gasteiger charge is -2.08. The summed E-state index contributed by atoms with van der Waals surface area (Å²) in [4.78, 5) is 0. The SMILES string of the molecule is N#CCCOc1cccc(Oc2ccccc2)c1. The van der Waals surface area contributed by atoms with Gasteiger partial charge in [0.25, 0.3) is 0 Å². The molecule has 0 saturated carbocycles. The molecule has 0 aliphatic rings. The van der Waals surface area contributed by atoms with Gasteiger partial charge in [-0.3, -0.25) is 0 Å². The van der Waals surface area contributed by atoms with Crippen LogP contribution >= 0.6 is 0 Å². The average molecular weight is 239 g/mol. The Morgan fingerprint density at radius 3 is 2.39 bits per heavy atom. The Balaban J connectivity index is 2.01. The molecule has 2 aromatic rings. The smallest absolute Gasteiger partial charge is 0.131 e. The maximum atomic E-state index is 8.44. The molecule has 18 heavy (non-hydrogen) atoms. The van der Waals surface area contributed by atoms with Gasteiger partial charge in [-0.15, -0.1) is 0 Å². The van der Waals surface area contributed by atoms with E-state index in [0.717, 1.165) is 11.5 Å². The first-order valence-electron chi connectivity index (χ1n) is 5.71. The van der Waals surface area contributed by atoms with Crippen LogP contribution in [0.1, 0.15) is 6.42 Å². The van der Waals surface area contributed by atoms with Crippen LogP contribution in [-0.2, 0) is 0 Å². The number of hydrogen-bond donors (Lipinski definition) is 0. The molecule has 2 aromatic carbocycles. The quantitative estimate of drug-likeness (QED) is 0.746. The van der Waals surface area contributed by atoms with Crippen LogP contribution in [0.3, 0.4) is 0 Å². The second-order valence-electron chi connectivity index (χ2n) is 3.65. The molecule has 0 aliphatic carbocycles. The Labute approximate surface area is 106 Å². The molecule has 0 bridgehead atoms. The van der Waals surface area contributed by atoms with Crippen molar-refractivity contribution < 1.29 is 9.47 Å². The molecule has 0 saturated heterocycles. The molecule has 0 N–H and O–H groups in total. The van der Waals surface area contributed by atoms with Crippen molar-refractivity contribution in [3.8, 4) is 23.3 Å². The maximum Gasteiger partial charge on any atom is 0.131 e. The number of rotatable bonds is 5. The van der Waals surface area contributed by atoms with Crippen LogP contribution < -0.4 is 9.47 Å². The molecule has 2 rings (SSSR count). The minimum Gasteiger partial charge on any atom is -0.492 e. The van der Waals surface area contributed by atoms with Gasteiger partial charge in [-0.25, -0.2) is 0 Å². The van der Waals surface area contributed by atoms with Gasteiger partial charge in [-0.1, -0.05) is 24.3 Å². The largest absolute Gasteiger partial charge is 0.492 e. The summed E-state index contributed by atoms with van der Waals surface area (Å²) in [6, 6.07) is 19.0. The summed E-state index contributed by atoms with van der Waals surface area (Å²) < 4.78 is 11.1. The summed E-state index contributed by atoms with van der Waals surface area (Å²) >= 11 is 0. The van der Waals surface area contributed by atoms with Gasteiger partial charge in [0.05, 0.1) is 12.5 Å². The first-order valence-corrected chi connectivity index (χ1v) is 5.71. The summed E-state index contributed by atoms with van der Waals surface area (Å²) in [7, 11) is 0. The number of benzene rings is 2. The van der Waals surface area contributed by atoms with Crippen molar-refractivity contribution in [2.75, 3.05) is 6.61 Å². The van der Waals surface area contributed by atoms with E-state index in [0.29, 0.717) is 18.8 Å². The number of ether oxygens (including phenoxy) is 2. The lowest BCUT2D eigenvalue weighted by molar-refractivity contribution is 0.325. The van der Waals surface area contributed by atoms with Gasteiger partial charge in [-0.05, 0) is 24.3 Å². The van der Waals surface area contributed by atoms with Crippen molar-refractivity contribution in [1.29, 1.82) is 5.26 Å². The summed E-state index contributed by atoms with van der Waals surface area (Å²) in [5.74, 6) is 2.21. The van der Waals surface area contributed by atoms with Crippen LogP contribution in [0.25, 0.3) is 0 Å². The Morgan fingerprint density at radius 1 is 0.889 bits per heavy atom. The third kappa shape index (κ3) is 3.53. The van der Waals surface area contributed by atoms with E-state index < -0.39 is 0 Å². The first kappa shape index (κ1) is 12.0. The Morgan fingerprint density at radius 2 is 1.61 bits per heavy atom. The molecule has 0 aromatic heterocycles. The lowest BCUT2D eigenvalue weighted by Crippen LogP contribution is -1.95. The van der Waals surface area contributed by atoms with Crippen LogP contribution in [-0.4, -0.2) is 6.61 Å². The van der Waals surface area contributed by atoms with Crippen LogP contribution in [0.4, 0.5) is 0 Å². The fraction of sp³-hybridized carbons (Fsp3) is 0.133. The zero-order valence-corrected chi connectivity index (χ0v) is 9.87. The molecule has 0 unspecified atom stereocenters. The Kier molecular flexibility index (Phi) is 4.21. The molecular weight excluding hydrogens is 226 g/mol. The topological polar surface area (TPSA) is 42.2 Å². The number of nitrogens with zero attached hydrogens (tertiary/aromatic N) is 1. The van der Waals surface area contributed by atoms with Crippen LogP contribution in [0.5, 0.6) is 17.2 Å². The molecule has 0 fully saturated rings. The molecule has 3 heteroatoms. The van der Waals surface area contributed by atoms with E-state index >= 15 is 0 Å². The first-order chi connectivity index (χ1) is 8.88. The van der Waals surface area contributed by atoms with Gasteiger partial charge >= 0.3 is 0 Å². The fourth-order valence-electron chi connectivity index (χ4n) is 1.47. The van der Waals surface area contributed by atoms with Crippen molar-refractivity contribution in [1.82, 2.24) is 0 Å². The second kappa shape index (κ2) is 6.31. The van der Waals surface area contributed by atoms with Gasteiger partial charge in [0.1, 0.15) is 23.9 Å². The Bertz CT molecular complexity index is 532. The molecule has 0 aliphatic heterocycles. The van der Waals surface area contributed by atoms with E-state index in [4.69, 9.17) is 14.7 Å². The van der Waals surface area contributed by atoms with Crippen LogP contribution in [0, 0.1) is 11.3 Å². The van der Waals surface area contributed by atoms with Gasteiger partial charge in [-0.2, -0.15) is 5.26 Å². The van der Waals surface area contributed by atoms with Crippen molar-refractivity contribution in [2.45, 2.75) is 6.42 Å². The molecule has 0 amide bonds. The third-order valence-electron chi connectivity index (χ3n) is 2.27. The monoisotopic (exact) mass is 239 g/mol. The second-order valence-corrected chi connectivity index (χ2v) is 3.65. The number of hydrogen-bond acceptors (Lipinski definition) is 3. The van der Waals surface area contributed by atoms with E-state index in [1.54, 1.807) is 0 Å². The highest BCUT2D eigenvalue weighted by atomic mass is 16.5. The van der Waals surface area contributed by atoms with E-state index in [2.05, 4.69) is 0 Å². The standard InChI is InChI=1S/C15H13NO2/c16-10-5-11-17-14-8-4-9-15(12-14)18-13-6-2-1-3-7-13/h1-4,6-9,12H,5,11H2. The molecule has 0 spiro atoms. The third-order valence-corrected chi connectivity index (χ3v) is 2.27. The number of nitriles is 1. The van der Waals surface area contributed by atoms with Crippen LogP contribution in [0.2, 0.25) is 0 Å². The van der Waals surface area contributed by atoms with Gasteiger partial charge in [0.15, 0.2) is 0 Å². The molecule has 90 valence electrons. The van der Waals surface area contributed by atoms with Crippen molar-refractivity contribution in [3.05, 3.63) is 54.6 Å². The van der Waals surface area contributed by atoms with E-state index in [1.165, 1.54) is 0 Å². The molecule has 0 atom stereocenters. The van der Waals surface area contributed by atoms with E-state index in [-0.39, 0.29) is 0 Å². The molecule has 3 nitrogen and oxygen atoms in total. The van der Waals surface area contributed by atoms with Gasteiger partial charge in [0, 0.05) is 6.07 Å². The highest BCUT2D eigenvalue weighted by Crippen LogP contribution is 2.24.